The summed E-state index contributed by atoms with van der Waals surface area (Å²) in [4.78, 5) is 19.1. The lowest BCUT2D eigenvalue weighted by Gasteiger charge is -2.44. The van der Waals surface area contributed by atoms with Crippen molar-refractivity contribution in [1.82, 2.24) is 4.98 Å². The van der Waals surface area contributed by atoms with Crippen molar-refractivity contribution in [2.24, 2.45) is 5.11 Å². The van der Waals surface area contributed by atoms with Gasteiger partial charge >= 0.3 is 0 Å². The maximum Gasteiger partial charge on any atom is 0.285 e. The highest BCUT2D eigenvalue weighted by Crippen LogP contribution is 2.31. The molecule has 1 heterocycles. The monoisotopic (exact) mass is 1010 g/mol. The predicted octanol–water partition coefficient (Wildman–Crippen LogP) is 9.83. The zero-order valence-electron chi connectivity index (χ0n) is 33.3. The van der Waals surface area contributed by atoms with Gasteiger partial charge in [0.1, 0.15) is 58.4 Å². The number of rotatable bonds is 10. The van der Waals surface area contributed by atoms with Gasteiger partial charge in [0.25, 0.3) is 5.88 Å². The van der Waals surface area contributed by atoms with Gasteiger partial charge in [0.05, 0.1) is 6.20 Å². The Bertz CT molecular complexity index is 2940. The van der Waals surface area contributed by atoms with Crippen molar-refractivity contribution in [1.29, 1.82) is 0 Å². The summed E-state index contributed by atoms with van der Waals surface area (Å²) in [5, 5.41) is 3.53. The van der Waals surface area contributed by atoms with Crippen molar-refractivity contribution in [2.45, 2.75) is 6.54 Å². The Kier molecular flexibility index (Phi) is 14.5. The summed E-state index contributed by atoms with van der Waals surface area (Å²) < 4.78 is 301. The number of azide groups is 1. The standard InChI is InChI=1S/C24BF20.C18H14N5O2/c26-5-1(6(27)14(35)21(42)13(5)34)25(2-7(28)15(36)22(43)16(37)8(2)29,3-9(30)17(38)23(44)18(39)10(3)31)4-11(32)19(40)24(45)20(41)12(4)33;19-22-21-15-7-4-8-16(11-15)25-18-13-23(10-9-20-18)12-17(24)14-5-2-1-3-6-14/h;1-11,13H,12H2/q-1;+1. The van der Waals surface area contributed by atoms with Gasteiger partial charge < -0.3 is 4.74 Å². The molecule has 0 bridgehead atoms. The van der Waals surface area contributed by atoms with E-state index in [-0.39, 0.29) is 12.3 Å². The first kappa shape index (κ1) is 51.2. The van der Waals surface area contributed by atoms with Crippen LogP contribution in [0.25, 0.3) is 10.4 Å². The number of benzene rings is 6. The smallest absolute Gasteiger partial charge is 0.285 e. The van der Waals surface area contributed by atoms with Crippen LogP contribution in [0.2, 0.25) is 0 Å². The number of halogens is 20. The van der Waals surface area contributed by atoms with Gasteiger partial charge in [-0.25, -0.2) is 92.8 Å². The van der Waals surface area contributed by atoms with Gasteiger partial charge in [-0.15, -0.1) is 21.9 Å². The lowest BCUT2D eigenvalue weighted by molar-refractivity contribution is -0.683. The summed E-state index contributed by atoms with van der Waals surface area (Å²) in [6.07, 6.45) is -2.32. The first-order chi connectivity index (χ1) is 32.9. The van der Waals surface area contributed by atoms with E-state index in [9.17, 15) is 57.5 Å². The number of aromatic nitrogens is 2. The molecule has 7 aromatic rings. The minimum Gasteiger partial charge on any atom is -0.434 e. The van der Waals surface area contributed by atoms with E-state index in [2.05, 4.69) is 15.0 Å². The number of carbonyl (C=O) groups excluding carboxylic acids is 1. The second-order valence-electron chi connectivity index (χ2n) is 13.9. The van der Waals surface area contributed by atoms with E-state index in [1.54, 1.807) is 59.6 Å². The van der Waals surface area contributed by atoms with E-state index < -0.39 is 144 Å². The average molecular weight is 1010 g/mol. The summed E-state index contributed by atoms with van der Waals surface area (Å²) >= 11 is 0. The maximum atomic E-state index is 15.4. The molecule has 0 atom stereocenters. The highest BCUT2D eigenvalue weighted by molar-refractivity contribution is 7.20. The second-order valence-corrected chi connectivity index (χ2v) is 13.9. The molecule has 1 aromatic heterocycles. The fourth-order valence-corrected chi connectivity index (χ4v) is 7.10. The van der Waals surface area contributed by atoms with E-state index in [0.29, 0.717) is 22.9 Å². The molecule has 0 spiro atoms. The van der Waals surface area contributed by atoms with Crippen molar-refractivity contribution in [2.75, 3.05) is 0 Å². The molecule has 70 heavy (non-hydrogen) atoms. The van der Waals surface area contributed by atoms with Crippen LogP contribution < -0.4 is 31.2 Å². The normalized spacial score (nSPS) is 11.3. The largest absolute Gasteiger partial charge is 0.434 e. The molecule has 362 valence electrons. The van der Waals surface area contributed by atoms with Crippen molar-refractivity contribution in [3.63, 3.8) is 0 Å². The lowest BCUT2D eigenvalue weighted by Crippen LogP contribution is -2.81. The molecule has 6 aromatic carbocycles. The van der Waals surface area contributed by atoms with Crippen LogP contribution >= 0.6 is 0 Å². The van der Waals surface area contributed by atoms with Gasteiger partial charge in [0.2, 0.25) is 18.5 Å². The van der Waals surface area contributed by atoms with Gasteiger partial charge in [-0.3, -0.25) is 4.79 Å². The van der Waals surface area contributed by atoms with Crippen LogP contribution in [0.1, 0.15) is 10.4 Å². The van der Waals surface area contributed by atoms with Crippen molar-refractivity contribution in [3.8, 4) is 11.6 Å². The van der Waals surface area contributed by atoms with Crippen LogP contribution in [0.3, 0.4) is 0 Å². The Morgan fingerprint density at radius 2 is 0.871 bits per heavy atom. The number of hydrogen-bond donors (Lipinski definition) is 0. The van der Waals surface area contributed by atoms with Gasteiger partial charge in [0, 0.05) is 16.2 Å². The van der Waals surface area contributed by atoms with Crippen LogP contribution in [-0.4, -0.2) is 16.9 Å². The Balaban J connectivity index is 0.000000270. The van der Waals surface area contributed by atoms with E-state index >= 15 is 35.1 Å². The quantitative estimate of drug-likeness (QED) is 0.0157. The molecule has 0 saturated heterocycles. The molecule has 7 nitrogen and oxygen atoms in total. The van der Waals surface area contributed by atoms with Crippen LogP contribution in [0.15, 0.2) is 78.3 Å². The molecule has 0 fully saturated rings. The highest BCUT2D eigenvalue weighted by Gasteiger charge is 2.52. The van der Waals surface area contributed by atoms with Crippen LogP contribution in [0.4, 0.5) is 93.5 Å². The summed E-state index contributed by atoms with van der Waals surface area (Å²) in [6.45, 7) is 0.182. The van der Waals surface area contributed by atoms with Gasteiger partial charge in [-0.2, -0.15) is 4.57 Å². The minimum absolute atomic E-state index is 0.00638. The summed E-state index contributed by atoms with van der Waals surface area (Å²) in [5.41, 5.74) is -4.75. The molecule has 7 rings (SSSR count). The molecule has 0 aliphatic rings. The summed E-state index contributed by atoms with van der Waals surface area (Å²) in [5.74, 6) is -70.6. The van der Waals surface area contributed by atoms with Crippen molar-refractivity contribution in [3.05, 3.63) is 206 Å². The Labute approximate surface area is 375 Å². The van der Waals surface area contributed by atoms with E-state index in [1.165, 1.54) is 0 Å². The van der Waals surface area contributed by atoms with E-state index in [4.69, 9.17) is 10.3 Å². The molecule has 0 saturated carbocycles. The SMILES string of the molecule is Fc1c(F)c(F)c([B-](c2c(F)c(F)c(F)c(F)c2F)(c2c(F)c(F)c(F)c(F)c2F)c2c(F)c(F)c(F)c(F)c2F)c(F)c1F.[N-]=[N+]=Nc1cccc(Oc2c[n+](CC(=O)c3ccccc3)ccn2)c1. The number of Topliss-reactive ketones (excluding diaryl/α,β-unsaturated/α-hetero) is 1. The third kappa shape index (κ3) is 8.64. The number of nitrogens with zero attached hydrogens (tertiary/aromatic N) is 5. The van der Waals surface area contributed by atoms with Gasteiger partial charge in [0.15, 0.2) is 76.0 Å². The Morgan fingerprint density at radius 1 is 0.514 bits per heavy atom. The minimum atomic E-state index is -7.22. The summed E-state index contributed by atoms with van der Waals surface area (Å²) in [7, 11) is 0. The lowest BCUT2D eigenvalue weighted by atomic mass is 9.12. The molecule has 0 N–H and O–H groups in total. The average Bonchev–Trinajstić information content (AvgIpc) is 3.34. The molecule has 0 radical (unpaired) electrons. The summed E-state index contributed by atoms with van der Waals surface area (Å²) in [6, 6.07) is 15.8. The number of ketones is 1. The number of hydrogen-bond acceptors (Lipinski definition) is 4. The van der Waals surface area contributed by atoms with Crippen LogP contribution in [0, 0.1) is 116 Å². The second kappa shape index (κ2) is 19.8. The molecule has 0 aliphatic heterocycles. The van der Waals surface area contributed by atoms with Gasteiger partial charge in [-0.1, -0.05) is 47.6 Å². The van der Waals surface area contributed by atoms with Crippen molar-refractivity contribution >= 4 is 39.5 Å². The van der Waals surface area contributed by atoms with Gasteiger partial charge in [-0.05, 0) is 17.7 Å². The molecule has 0 amide bonds. The first-order valence-electron chi connectivity index (χ1n) is 18.4. The third-order valence-electron chi connectivity index (χ3n) is 10.1. The Hall–Kier alpha value is -8.16. The molecule has 28 heteroatoms. The highest BCUT2D eigenvalue weighted by atomic mass is 19.2. The Morgan fingerprint density at radius 3 is 1.23 bits per heavy atom. The predicted molar refractivity (Wildman–Crippen MR) is 200 cm³/mol. The molecule has 0 unspecified atom stereocenters. The van der Waals surface area contributed by atoms with Crippen LogP contribution in [-0.2, 0) is 6.54 Å². The van der Waals surface area contributed by atoms with E-state index in [0.717, 1.165) is 0 Å². The molecule has 0 aliphatic carbocycles. The topological polar surface area (TPSA) is 91.8 Å². The van der Waals surface area contributed by atoms with Crippen molar-refractivity contribution < 1.29 is 102 Å². The first-order valence-corrected chi connectivity index (χ1v) is 18.4. The fourth-order valence-electron chi connectivity index (χ4n) is 7.10. The number of ether oxygens (including phenoxy) is 1. The van der Waals surface area contributed by atoms with Crippen LogP contribution in [0.5, 0.6) is 11.6 Å². The van der Waals surface area contributed by atoms with E-state index in [1.807, 2.05) is 18.2 Å². The maximum absolute atomic E-state index is 15.4. The zero-order chi connectivity index (χ0) is 51.8. The number of carbonyl (C=O) groups is 1. The molecular formula is C42H14BF20N5O2. The fraction of sp³-hybridized carbons (Fsp3) is 0.0238. The zero-order valence-corrected chi connectivity index (χ0v) is 33.3. The third-order valence-corrected chi connectivity index (χ3v) is 10.1. The molecular weight excluding hydrogens is 997 g/mol.